The Hall–Kier alpha value is -0.0900. The third kappa shape index (κ3) is 3.96. The molecule has 0 radical (unpaired) electrons. The van der Waals surface area contributed by atoms with Gasteiger partial charge in [0.05, 0.1) is 6.10 Å². The number of β-amino-alcohol motifs (C(OH)–C–C–N with tert-alkyl or cyclic N) is 1. The van der Waals surface area contributed by atoms with Crippen LogP contribution in [0.4, 0.5) is 0 Å². The standard InChI is InChI=1S/C10H18BrNO2/c11-6-2-1-5-10(14)12-7-3-4-9(13)8-12/h9,13H,1-8H2. The van der Waals surface area contributed by atoms with Crippen LogP contribution in [-0.2, 0) is 4.79 Å². The van der Waals surface area contributed by atoms with E-state index in [1.165, 1.54) is 0 Å². The van der Waals surface area contributed by atoms with E-state index in [0.717, 1.165) is 37.6 Å². The largest absolute Gasteiger partial charge is 0.391 e. The molecule has 1 rings (SSSR count). The fourth-order valence-corrected chi connectivity index (χ4v) is 2.11. The molecule has 1 saturated heterocycles. The van der Waals surface area contributed by atoms with Crippen LogP contribution in [0.1, 0.15) is 32.1 Å². The number of carbonyl (C=O) groups excluding carboxylic acids is 1. The minimum Gasteiger partial charge on any atom is -0.391 e. The van der Waals surface area contributed by atoms with Crippen molar-refractivity contribution in [2.24, 2.45) is 0 Å². The Morgan fingerprint density at radius 1 is 1.50 bits per heavy atom. The van der Waals surface area contributed by atoms with E-state index in [0.29, 0.717) is 13.0 Å². The van der Waals surface area contributed by atoms with E-state index in [1.807, 2.05) is 0 Å². The SMILES string of the molecule is O=C(CCCCBr)N1CCCC(O)C1. The van der Waals surface area contributed by atoms with Gasteiger partial charge in [-0.1, -0.05) is 15.9 Å². The van der Waals surface area contributed by atoms with Crippen molar-refractivity contribution in [3.8, 4) is 0 Å². The maximum absolute atomic E-state index is 11.6. The monoisotopic (exact) mass is 263 g/mol. The molecule has 1 amide bonds. The van der Waals surface area contributed by atoms with E-state index < -0.39 is 0 Å². The number of hydrogen-bond donors (Lipinski definition) is 1. The molecule has 0 bridgehead atoms. The highest BCUT2D eigenvalue weighted by atomic mass is 79.9. The predicted octanol–water partition coefficient (Wildman–Crippen LogP) is 1.53. The first-order valence-corrected chi connectivity index (χ1v) is 6.38. The molecule has 1 heterocycles. The number of alkyl halides is 1. The summed E-state index contributed by atoms with van der Waals surface area (Å²) >= 11 is 3.34. The van der Waals surface area contributed by atoms with Crippen LogP contribution in [0.3, 0.4) is 0 Å². The summed E-state index contributed by atoms with van der Waals surface area (Å²) < 4.78 is 0. The van der Waals surface area contributed by atoms with Gasteiger partial charge in [-0.05, 0) is 25.7 Å². The van der Waals surface area contributed by atoms with Gasteiger partial charge in [0.25, 0.3) is 0 Å². The van der Waals surface area contributed by atoms with Crippen molar-refractivity contribution in [1.29, 1.82) is 0 Å². The zero-order valence-corrected chi connectivity index (χ0v) is 10.0. The summed E-state index contributed by atoms with van der Waals surface area (Å²) in [6.07, 6.45) is 4.08. The second-order valence-electron chi connectivity index (χ2n) is 3.78. The predicted molar refractivity (Wildman–Crippen MR) is 59.5 cm³/mol. The molecule has 1 aliphatic rings. The van der Waals surface area contributed by atoms with Crippen molar-refractivity contribution >= 4 is 21.8 Å². The lowest BCUT2D eigenvalue weighted by molar-refractivity contribution is -0.134. The van der Waals surface area contributed by atoms with Crippen LogP contribution in [0, 0.1) is 0 Å². The molecular weight excluding hydrogens is 246 g/mol. The van der Waals surface area contributed by atoms with Gasteiger partial charge in [-0.3, -0.25) is 4.79 Å². The average molecular weight is 264 g/mol. The van der Waals surface area contributed by atoms with Crippen LogP contribution in [-0.4, -0.2) is 40.4 Å². The minimum atomic E-state index is -0.302. The van der Waals surface area contributed by atoms with Gasteiger partial charge in [0, 0.05) is 24.8 Å². The summed E-state index contributed by atoms with van der Waals surface area (Å²) in [6.45, 7) is 1.36. The lowest BCUT2D eigenvalue weighted by Gasteiger charge is -2.30. The molecular formula is C10H18BrNO2. The number of nitrogens with zero attached hydrogens (tertiary/aromatic N) is 1. The topological polar surface area (TPSA) is 40.5 Å². The van der Waals surface area contributed by atoms with Crippen LogP contribution in [0.5, 0.6) is 0 Å². The second kappa shape index (κ2) is 6.40. The van der Waals surface area contributed by atoms with Crippen molar-refractivity contribution in [3.05, 3.63) is 0 Å². The number of hydrogen-bond acceptors (Lipinski definition) is 2. The highest BCUT2D eigenvalue weighted by Crippen LogP contribution is 2.12. The number of halogens is 1. The Kier molecular flexibility index (Phi) is 5.48. The average Bonchev–Trinajstić information content (AvgIpc) is 2.18. The highest BCUT2D eigenvalue weighted by Gasteiger charge is 2.21. The molecule has 0 aromatic carbocycles. The van der Waals surface area contributed by atoms with Crippen LogP contribution >= 0.6 is 15.9 Å². The molecule has 1 atom stereocenters. The summed E-state index contributed by atoms with van der Waals surface area (Å²) in [5, 5.41) is 10.4. The fraction of sp³-hybridized carbons (Fsp3) is 0.900. The molecule has 1 N–H and O–H groups in total. The van der Waals surface area contributed by atoms with E-state index in [1.54, 1.807) is 4.90 Å². The molecule has 1 aliphatic heterocycles. The normalized spacial score (nSPS) is 22.4. The first kappa shape index (κ1) is 12.0. The van der Waals surface area contributed by atoms with Gasteiger partial charge in [0.2, 0.25) is 5.91 Å². The molecule has 0 aliphatic carbocycles. The first-order chi connectivity index (χ1) is 6.74. The zero-order chi connectivity index (χ0) is 10.4. The van der Waals surface area contributed by atoms with Crippen molar-refractivity contribution in [3.63, 3.8) is 0 Å². The van der Waals surface area contributed by atoms with Gasteiger partial charge >= 0.3 is 0 Å². The van der Waals surface area contributed by atoms with Crippen molar-refractivity contribution in [1.82, 2.24) is 4.90 Å². The number of unbranched alkanes of at least 4 members (excludes halogenated alkanes) is 1. The van der Waals surface area contributed by atoms with Gasteiger partial charge in [-0.2, -0.15) is 0 Å². The quantitative estimate of drug-likeness (QED) is 0.618. The third-order valence-electron chi connectivity index (χ3n) is 2.52. The molecule has 14 heavy (non-hydrogen) atoms. The van der Waals surface area contributed by atoms with E-state index in [-0.39, 0.29) is 12.0 Å². The highest BCUT2D eigenvalue weighted by molar-refractivity contribution is 9.09. The van der Waals surface area contributed by atoms with Gasteiger partial charge in [0.1, 0.15) is 0 Å². The maximum Gasteiger partial charge on any atom is 0.222 e. The molecule has 82 valence electrons. The number of likely N-dealkylation sites (tertiary alicyclic amines) is 1. The van der Waals surface area contributed by atoms with Gasteiger partial charge < -0.3 is 10.0 Å². The fourth-order valence-electron chi connectivity index (χ4n) is 1.71. The maximum atomic E-state index is 11.6. The minimum absolute atomic E-state index is 0.199. The lowest BCUT2D eigenvalue weighted by Crippen LogP contribution is -2.42. The number of amides is 1. The summed E-state index contributed by atoms with van der Waals surface area (Å²) in [5.41, 5.74) is 0. The lowest BCUT2D eigenvalue weighted by atomic mass is 10.1. The summed E-state index contributed by atoms with van der Waals surface area (Å²) in [4.78, 5) is 13.4. The number of aliphatic hydroxyl groups excluding tert-OH is 1. The Morgan fingerprint density at radius 2 is 2.29 bits per heavy atom. The summed E-state index contributed by atoms with van der Waals surface area (Å²) in [6, 6.07) is 0. The summed E-state index contributed by atoms with van der Waals surface area (Å²) in [7, 11) is 0. The van der Waals surface area contributed by atoms with Crippen LogP contribution < -0.4 is 0 Å². The van der Waals surface area contributed by atoms with Gasteiger partial charge in [-0.15, -0.1) is 0 Å². The van der Waals surface area contributed by atoms with E-state index >= 15 is 0 Å². The van der Waals surface area contributed by atoms with E-state index in [9.17, 15) is 9.90 Å². The zero-order valence-electron chi connectivity index (χ0n) is 8.41. The van der Waals surface area contributed by atoms with Crippen molar-refractivity contribution in [2.75, 3.05) is 18.4 Å². The van der Waals surface area contributed by atoms with E-state index in [4.69, 9.17) is 0 Å². The van der Waals surface area contributed by atoms with Crippen LogP contribution in [0.2, 0.25) is 0 Å². The van der Waals surface area contributed by atoms with Crippen molar-refractivity contribution < 1.29 is 9.90 Å². The number of aliphatic hydroxyl groups is 1. The number of piperidine rings is 1. The third-order valence-corrected chi connectivity index (χ3v) is 3.08. The molecule has 4 heteroatoms. The number of rotatable bonds is 4. The molecule has 1 unspecified atom stereocenters. The van der Waals surface area contributed by atoms with Crippen LogP contribution in [0.25, 0.3) is 0 Å². The summed E-state index contributed by atoms with van der Waals surface area (Å²) in [5.74, 6) is 0.199. The van der Waals surface area contributed by atoms with Gasteiger partial charge in [-0.25, -0.2) is 0 Å². The Morgan fingerprint density at radius 3 is 2.93 bits per heavy atom. The molecule has 0 saturated carbocycles. The molecule has 0 aromatic heterocycles. The van der Waals surface area contributed by atoms with E-state index in [2.05, 4.69) is 15.9 Å². The molecule has 3 nitrogen and oxygen atoms in total. The van der Waals surface area contributed by atoms with Crippen molar-refractivity contribution in [2.45, 2.75) is 38.2 Å². The van der Waals surface area contributed by atoms with Gasteiger partial charge in [0.15, 0.2) is 0 Å². The molecule has 1 fully saturated rings. The second-order valence-corrected chi connectivity index (χ2v) is 4.57. The smallest absolute Gasteiger partial charge is 0.222 e. The Labute approximate surface area is 93.6 Å². The molecule has 0 aromatic rings. The number of carbonyl (C=O) groups is 1. The Balaban J connectivity index is 2.22. The van der Waals surface area contributed by atoms with Crippen LogP contribution in [0.15, 0.2) is 0 Å². The Bertz CT molecular complexity index is 187. The first-order valence-electron chi connectivity index (χ1n) is 5.26. The molecule has 0 spiro atoms.